The first-order chi connectivity index (χ1) is 11.9. The number of halogens is 1. The van der Waals surface area contributed by atoms with E-state index in [-0.39, 0.29) is 23.5 Å². The van der Waals surface area contributed by atoms with Gasteiger partial charge in [0.05, 0.1) is 18.4 Å². The number of para-hydroxylation sites is 1. The number of methoxy groups -OCH3 is 1. The molecule has 0 saturated heterocycles. The Labute approximate surface area is 144 Å². The van der Waals surface area contributed by atoms with E-state index in [1.54, 1.807) is 18.2 Å². The molecular weight excluding hydrogens is 327 g/mol. The molecule has 0 unspecified atom stereocenters. The maximum Gasteiger partial charge on any atom is 0.339 e. The van der Waals surface area contributed by atoms with Crippen molar-refractivity contribution in [3.8, 4) is 0 Å². The Morgan fingerprint density at radius 3 is 2.48 bits per heavy atom. The molecule has 6 nitrogen and oxygen atoms in total. The van der Waals surface area contributed by atoms with Crippen LogP contribution in [0.2, 0.25) is 0 Å². The topological polar surface area (TPSA) is 75.7 Å². The lowest BCUT2D eigenvalue weighted by Crippen LogP contribution is -2.37. The summed E-state index contributed by atoms with van der Waals surface area (Å²) in [6.07, 6.45) is 0. The van der Waals surface area contributed by atoms with Gasteiger partial charge >= 0.3 is 5.97 Å². The number of amides is 2. The van der Waals surface area contributed by atoms with Gasteiger partial charge in [-0.15, -0.1) is 0 Å². The smallest absolute Gasteiger partial charge is 0.339 e. The van der Waals surface area contributed by atoms with Gasteiger partial charge < -0.3 is 15.0 Å². The number of esters is 1. The lowest BCUT2D eigenvalue weighted by Gasteiger charge is -2.22. The quantitative estimate of drug-likeness (QED) is 0.846. The van der Waals surface area contributed by atoms with Crippen LogP contribution in [0.25, 0.3) is 0 Å². The Bertz CT molecular complexity index is 807. The fourth-order valence-electron chi connectivity index (χ4n) is 2.27. The van der Waals surface area contributed by atoms with Crippen LogP contribution in [0.5, 0.6) is 0 Å². The third-order valence-corrected chi connectivity index (χ3v) is 3.39. The van der Waals surface area contributed by atoms with E-state index >= 15 is 0 Å². The molecular formula is C18H17FN2O4. The number of hydrogen-bond acceptors (Lipinski definition) is 4. The summed E-state index contributed by atoms with van der Waals surface area (Å²) in [5.74, 6) is -2.06. The van der Waals surface area contributed by atoms with Crippen LogP contribution < -0.4 is 10.2 Å². The number of nitrogens with zero attached hydrogens (tertiary/aromatic N) is 1. The van der Waals surface area contributed by atoms with Gasteiger partial charge in [-0.25, -0.2) is 9.18 Å². The molecule has 25 heavy (non-hydrogen) atoms. The molecule has 0 radical (unpaired) electrons. The van der Waals surface area contributed by atoms with Crippen molar-refractivity contribution in [2.75, 3.05) is 23.9 Å². The molecule has 0 aliphatic rings. The summed E-state index contributed by atoms with van der Waals surface area (Å²) in [7, 11) is 1.23. The van der Waals surface area contributed by atoms with Crippen LogP contribution >= 0.6 is 0 Å². The van der Waals surface area contributed by atoms with E-state index in [2.05, 4.69) is 5.32 Å². The highest BCUT2D eigenvalue weighted by atomic mass is 19.1. The molecule has 0 bridgehead atoms. The van der Waals surface area contributed by atoms with Gasteiger partial charge in [-0.05, 0) is 30.3 Å². The molecule has 0 aliphatic carbocycles. The number of carbonyl (C=O) groups is 3. The maximum absolute atomic E-state index is 13.2. The van der Waals surface area contributed by atoms with Crippen LogP contribution in [-0.2, 0) is 14.3 Å². The second-order valence-corrected chi connectivity index (χ2v) is 5.17. The maximum atomic E-state index is 13.2. The van der Waals surface area contributed by atoms with Crippen LogP contribution in [0.3, 0.4) is 0 Å². The summed E-state index contributed by atoms with van der Waals surface area (Å²) in [6.45, 7) is 0.948. The van der Waals surface area contributed by atoms with Gasteiger partial charge in [0.1, 0.15) is 12.4 Å². The van der Waals surface area contributed by atoms with E-state index in [0.717, 1.165) is 4.90 Å². The molecule has 0 fully saturated rings. The predicted molar refractivity (Wildman–Crippen MR) is 90.8 cm³/mol. The van der Waals surface area contributed by atoms with Gasteiger partial charge in [0.15, 0.2) is 0 Å². The molecule has 2 aromatic carbocycles. The molecule has 1 N–H and O–H groups in total. The Balaban J connectivity index is 2.23. The minimum absolute atomic E-state index is 0.166. The van der Waals surface area contributed by atoms with Crippen LogP contribution in [0, 0.1) is 5.82 Å². The van der Waals surface area contributed by atoms with Crippen molar-refractivity contribution in [3.63, 3.8) is 0 Å². The number of hydrogen-bond donors (Lipinski definition) is 1. The van der Waals surface area contributed by atoms with E-state index in [4.69, 9.17) is 4.74 Å². The predicted octanol–water partition coefficient (Wildman–Crippen LogP) is 2.60. The summed E-state index contributed by atoms with van der Waals surface area (Å²) >= 11 is 0. The Kier molecular flexibility index (Phi) is 5.84. The molecule has 2 aromatic rings. The minimum atomic E-state index is -0.618. The molecule has 0 aliphatic heterocycles. The Morgan fingerprint density at radius 2 is 1.84 bits per heavy atom. The summed E-state index contributed by atoms with van der Waals surface area (Å²) in [4.78, 5) is 37.2. The zero-order valence-electron chi connectivity index (χ0n) is 13.8. The number of anilines is 2. The average Bonchev–Trinajstić information content (AvgIpc) is 2.59. The molecule has 0 heterocycles. The molecule has 0 saturated carbocycles. The van der Waals surface area contributed by atoms with Gasteiger partial charge in [-0.1, -0.05) is 18.2 Å². The van der Waals surface area contributed by atoms with E-state index in [0.29, 0.717) is 0 Å². The summed E-state index contributed by atoms with van der Waals surface area (Å²) in [5.41, 5.74) is 0.699. The number of ether oxygens (including phenoxy) is 1. The molecule has 0 atom stereocenters. The second-order valence-electron chi connectivity index (χ2n) is 5.17. The van der Waals surface area contributed by atoms with Crippen molar-refractivity contribution in [1.29, 1.82) is 0 Å². The van der Waals surface area contributed by atoms with E-state index < -0.39 is 23.6 Å². The number of rotatable bonds is 5. The molecule has 7 heteroatoms. The molecule has 2 amide bonds. The molecule has 130 valence electrons. The standard InChI is InChI=1S/C18H17FN2O4/c1-12(22)21(16-9-4-3-8-15(16)18(24)25-2)11-17(23)20-14-7-5-6-13(19)10-14/h3-10H,11H2,1-2H3,(H,20,23). The van der Waals surface area contributed by atoms with Gasteiger partial charge in [0.2, 0.25) is 11.8 Å². The summed E-state index contributed by atoms with van der Waals surface area (Å²) in [6, 6.07) is 11.7. The van der Waals surface area contributed by atoms with Crippen molar-refractivity contribution < 1.29 is 23.5 Å². The zero-order valence-corrected chi connectivity index (χ0v) is 13.8. The van der Waals surface area contributed by atoms with E-state index in [1.165, 1.54) is 44.4 Å². The molecule has 0 spiro atoms. The van der Waals surface area contributed by atoms with Crippen LogP contribution in [-0.4, -0.2) is 31.4 Å². The Hall–Kier alpha value is -3.22. The molecule has 2 rings (SSSR count). The minimum Gasteiger partial charge on any atom is -0.465 e. The first kappa shape index (κ1) is 18.1. The first-order valence-electron chi connectivity index (χ1n) is 7.43. The molecule has 0 aromatic heterocycles. The van der Waals surface area contributed by atoms with Gasteiger partial charge in [0, 0.05) is 12.6 Å². The second kappa shape index (κ2) is 8.05. The lowest BCUT2D eigenvalue weighted by molar-refractivity contribution is -0.120. The third-order valence-electron chi connectivity index (χ3n) is 3.39. The zero-order chi connectivity index (χ0) is 18.4. The number of nitrogens with one attached hydrogen (secondary N) is 1. The first-order valence-corrected chi connectivity index (χ1v) is 7.43. The van der Waals surface area contributed by atoms with Gasteiger partial charge in [-0.3, -0.25) is 9.59 Å². The van der Waals surface area contributed by atoms with Gasteiger partial charge in [-0.2, -0.15) is 0 Å². The van der Waals surface area contributed by atoms with E-state index in [9.17, 15) is 18.8 Å². The fraction of sp³-hybridized carbons (Fsp3) is 0.167. The van der Waals surface area contributed by atoms with Crippen LogP contribution in [0.1, 0.15) is 17.3 Å². The van der Waals surface area contributed by atoms with Crippen molar-refractivity contribution in [1.82, 2.24) is 0 Å². The lowest BCUT2D eigenvalue weighted by atomic mass is 10.1. The van der Waals surface area contributed by atoms with Crippen LogP contribution in [0.15, 0.2) is 48.5 Å². The highest BCUT2D eigenvalue weighted by Crippen LogP contribution is 2.21. The van der Waals surface area contributed by atoms with Crippen molar-refractivity contribution in [2.45, 2.75) is 6.92 Å². The fourth-order valence-corrected chi connectivity index (χ4v) is 2.27. The van der Waals surface area contributed by atoms with Crippen molar-refractivity contribution in [3.05, 3.63) is 59.9 Å². The number of benzene rings is 2. The SMILES string of the molecule is COC(=O)c1ccccc1N(CC(=O)Nc1cccc(F)c1)C(C)=O. The highest BCUT2D eigenvalue weighted by molar-refractivity contribution is 6.06. The van der Waals surface area contributed by atoms with Crippen LogP contribution in [0.4, 0.5) is 15.8 Å². The summed E-state index contributed by atoms with van der Waals surface area (Å²) in [5, 5.41) is 2.51. The largest absolute Gasteiger partial charge is 0.465 e. The highest BCUT2D eigenvalue weighted by Gasteiger charge is 2.22. The third kappa shape index (κ3) is 4.63. The monoisotopic (exact) mass is 344 g/mol. The van der Waals surface area contributed by atoms with Gasteiger partial charge in [0.25, 0.3) is 0 Å². The number of carbonyl (C=O) groups excluding carboxylic acids is 3. The van der Waals surface area contributed by atoms with E-state index in [1.807, 2.05) is 0 Å². The van der Waals surface area contributed by atoms with Crippen molar-refractivity contribution >= 4 is 29.2 Å². The Morgan fingerprint density at radius 1 is 1.12 bits per heavy atom. The van der Waals surface area contributed by atoms with Crippen molar-refractivity contribution in [2.24, 2.45) is 0 Å². The summed E-state index contributed by atoms with van der Waals surface area (Å²) < 4.78 is 17.9. The average molecular weight is 344 g/mol. The normalized spacial score (nSPS) is 10.0.